The van der Waals surface area contributed by atoms with Crippen molar-refractivity contribution in [2.75, 3.05) is 18.9 Å². The normalized spacial score (nSPS) is 20.2. The first kappa shape index (κ1) is 31.1. The Hall–Kier alpha value is -4.92. The molecule has 5 heterocycles. The molecule has 0 unspecified atom stereocenters. The topological polar surface area (TPSA) is 164 Å². The van der Waals surface area contributed by atoms with E-state index in [0.29, 0.717) is 57.8 Å². The number of carbonyl (C=O) groups is 3. The molecular formula is C31H32BrN11O3. The molecule has 0 radical (unpaired) electrons. The number of likely N-dealkylation sites (tertiary alicyclic amines) is 1. The van der Waals surface area contributed by atoms with E-state index in [-0.39, 0.29) is 41.3 Å². The van der Waals surface area contributed by atoms with Crippen molar-refractivity contribution < 1.29 is 14.4 Å². The number of aromatic nitrogens is 6. The number of nitrogens with zero attached hydrogens (tertiary/aromatic N) is 10. The molecule has 46 heavy (non-hydrogen) atoms. The Morgan fingerprint density at radius 1 is 1.17 bits per heavy atom. The summed E-state index contributed by atoms with van der Waals surface area (Å²) >= 11 is 3.36. The van der Waals surface area contributed by atoms with Gasteiger partial charge in [0, 0.05) is 47.9 Å². The number of halogens is 1. The van der Waals surface area contributed by atoms with E-state index in [1.54, 1.807) is 60.8 Å². The first-order valence-corrected chi connectivity index (χ1v) is 15.4. The van der Waals surface area contributed by atoms with Crippen molar-refractivity contribution >= 4 is 50.2 Å². The number of aryl methyl sites for hydroxylation is 2. The lowest BCUT2D eigenvalue weighted by Crippen LogP contribution is -2.47. The molecule has 1 N–H and O–H groups in total. The molecule has 15 heteroatoms. The lowest BCUT2D eigenvalue weighted by atomic mass is 9.98. The summed E-state index contributed by atoms with van der Waals surface area (Å²) in [7, 11) is 1.57. The molecule has 0 spiro atoms. The average molecular weight is 687 g/mol. The Morgan fingerprint density at radius 3 is 2.63 bits per heavy atom. The van der Waals surface area contributed by atoms with Gasteiger partial charge in [-0.25, -0.2) is 15.0 Å². The lowest BCUT2D eigenvalue weighted by molar-refractivity contribution is -0.138. The summed E-state index contributed by atoms with van der Waals surface area (Å²) in [6, 6.07) is 4.43. The van der Waals surface area contributed by atoms with Crippen LogP contribution in [0.3, 0.4) is 0 Å². The van der Waals surface area contributed by atoms with Crippen molar-refractivity contribution in [3.05, 3.63) is 71.3 Å². The molecule has 1 saturated carbocycles. The van der Waals surface area contributed by atoms with Gasteiger partial charge in [-0.3, -0.25) is 29.1 Å². The first-order chi connectivity index (χ1) is 22.0. The number of hydrogen-bond acceptors (Lipinski definition) is 10. The number of fused-ring (bicyclic) bond motifs is 2. The van der Waals surface area contributed by atoms with Gasteiger partial charge >= 0.3 is 0 Å². The highest BCUT2D eigenvalue weighted by atomic mass is 79.9. The average Bonchev–Trinajstić information content (AvgIpc) is 3.43. The zero-order chi connectivity index (χ0) is 32.7. The molecule has 6 rings (SSSR count). The van der Waals surface area contributed by atoms with Crippen LogP contribution in [0, 0.1) is 19.3 Å². The Kier molecular flexibility index (Phi) is 8.19. The minimum Gasteiger partial charge on any atom is -0.325 e. The number of amides is 2. The van der Waals surface area contributed by atoms with Crippen LogP contribution in [0.2, 0.25) is 0 Å². The molecule has 3 atom stereocenters. The Labute approximate surface area is 273 Å². The fraction of sp³-hybridized carbons (Fsp3) is 0.355. The monoisotopic (exact) mass is 685 g/mol. The fourth-order valence-electron chi connectivity index (χ4n) is 6.19. The number of hydrogen-bond donors (Lipinski definition) is 1. The van der Waals surface area contributed by atoms with Crippen molar-refractivity contribution in [2.45, 2.75) is 52.2 Å². The predicted octanol–water partition coefficient (Wildman–Crippen LogP) is 4.31. The molecule has 2 aliphatic rings. The molecule has 0 bridgehead atoms. The van der Waals surface area contributed by atoms with E-state index in [0.717, 1.165) is 5.56 Å². The number of rotatable bonds is 10. The molecular weight excluding hydrogens is 654 g/mol. The third kappa shape index (κ3) is 5.77. The maximum absolute atomic E-state index is 14.2. The van der Waals surface area contributed by atoms with Gasteiger partial charge in [0.1, 0.15) is 34.5 Å². The van der Waals surface area contributed by atoms with E-state index in [1.165, 1.54) is 11.6 Å². The first-order valence-electron chi connectivity index (χ1n) is 14.6. The smallest absolute Gasteiger partial charge is 0.248 e. The fourth-order valence-corrected chi connectivity index (χ4v) is 6.50. The standard InChI is InChI=1S/C31H32BrN11O3/c1-6-41(40-33-5)16-31-10-23(30(46)38-29-17(2)7-8-26(32)37-29)43(25(31)11-31)27(45)15-42-24-14-36-22(20-12-34-19(4)35-13-20)9-21(24)28(39-42)18(3)44/h6-9,12-14,23,25H,1,10-11,15-16H2,2-5H3,(H,37,38,46)/b40-33-/t23-,25+,31-/m0/s1. The van der Waals surface area contributed by atoms with E-state index in [2.05, 4.69) is 63.2 Å². The van der Waals surface area contributed by atoms with Crippen LogP contribution in [-0.2, 0) is 16.1 Å². The number of piperidine rings is 1. The summed E-state index contributed by atoms with van der Waals surface area (Å²) in [5.74, 6) is 0.154. The van der Waals surface area contributed by atoms with Crippen molar-refractivity contribution in [3.63, 3.8) is 0 Å². The predicted molar refractivity (Wildman–Crippen MR) is 172 cm³/mol. The summed E-state index contributed by atoms with van der Waals surface area (Å²) in [4.78, 5) is 59.7. The molecule has 236 valence electrons. The zero-order valence-electron chi connectivity index (χ0n) is 25.8. The van der Waals surface area contributed by atoms with Gasteiger partial charge in [-0.15, -0.1) is 0 Å². The van der Waals surface area contributed by atoms with Crippen molar-refractivity contribution in [3.8, 4) is 11.3 Å². The van der Waals surface area contributed by atoms with Crippen LogP contribution in [-0.4, -0.2) is 82.9 Å². The summed E-state index contributed by atoms with van der Waals surface area (Å²) in [5, 5.41) is 17.6. The highest BCUT2D eigenvalue weighted by molar-refractivity contribution is 9.10. The van der Waals surface area contributed by atoms with Gasteiger partial charge in [0.05, 0.1) is 31.0 Å². The zero-order valence-corrected chi connectivity index (χ0v) is 27.4. The van der Waals surface area contributed by atoms with Crippen LogP contribution in [0.4, 0.5) is 5.82 Å². The van der Waals surface area contributed by atoms with Crippen molar-refractivity contribution in [1.82, 2.24) is 39.6 Å². The van der Waals surface area contributed by atoms with Crippen LogP contribution < -0.4 is 5.32 Å². The van der Waals surface area contributed by atoms with Crippen LogP contribution >= 0.6 is 15.9 Å². The molecule has 4 aromatic rings. The largest absolute Gasteiger partial charge is 0.325 e. The van der Waals surface area contributed by atoms with Gasteiger partial charge in [0.15, 0.2) is 5.78 Å². The van der Waals surface area contributed by atoms with Gasteiger partial charge in [0.25, 0.3) is 0 Å². The lowest BCUT2D eigenvalue weighted by Gasteiger charge is -2.27. The number of ketones is 1. The van der Waals surface area contributed by atoms with Crippen LogP contribution in [0.25, 0.3) is 22.2 Å². The Morgan fingerprint density at radius 2 is 1.93 bits per heavy atom. The van der Waals surface area contributed by atoms with Crippen molar-refractivity contribution in [1.29, 1.82) is 0 Å². The molecule has 1 saturated heterocycles. The molecule has 2 amide bonds. The Bertz CT molecular complexity index is 1910. The van der Waals surface area contributed by atoms with Crippen molar-refractivity contribution in [2.24, 2.45) is 15.8 Å². The van der Waals surface area contributed by atoms with Gasteiger partial charge in [-0.2, -0.15) is 10.2 Å². The van der Waals surface area contributed by atoms with Gasteiger partial charge in [0.2, 0.25) is 11.8 Å². The maximum Gasteiger partial charge on any atom is 0.248 e. The van der Waals surface area contributed by atoms with E-state index < -0.39 is 6.04 Å². The summed E-state index contributed by atoms with van der Waals surface area (Å²) in [5.41, 5.74) is 2.42. The minimum atomic E-state index is -0.767. The summed E-state index contributed by atoms with van der Waals surface area (Å²) in [6.07, 6.45) is 7.62. The second-order valence-corrected chi connectivity index (χ2v) is 12.4. The van der Waals surface area contributed by atoms with Gasteiger partial charge in [-0.1, -0.05) is 17.9 Å². The van der Waals surface area contributed by atoms with E-state index in [4.69, 9.17) is 0 Å². The third-order valence-electron chi connectivity index (χ3n) is 8.54. The quantitative estimate of drug-likeness (QED) is 0.111. The molecule has 1 aliphatic heterocycles. The number of carbonyl (C=O) groups excluding carboxylic acids is 3. The summed E-state index contributed by atoms with van der Waals surface area (Å²) < 4.78 is 2.06. The van der Waals surface area contributed by atoms with E-state index in [1.807, 2.05) is 13.0 Å². The second kappa shape index (κ2) is 12.1. The number of pyridine rings is 2. The van der Waals surface area contributed by atoms with Crippen LogP contribution in [0.1, 0.15) is 41.6 Å². The van der Waals surface area contributed by atoms with Gasteiger partial charge < -0.3 is 10.2 Å². The number of nitrogens with one attached hydrogen (secondary N) is 1. The molecule has 1 aliphatic carbocycles. The number of Topliss-reactive ketones (excluding diaryl/α,β-unsaturated/α-hetero) is 1. The summed E-state index contributed by atoms with van der Waals surface area (Å²) in [6.45, 7) is 9.17. The van der Waals surface area contributed by atoms with Gasteiger partial charge in [-0.05, 0) is 60.3 Å². The third-order valence-corrected chi connectivity index (χ3v) is 8.98. The SMILES string of the molecule is C=CN(C[C@@]12C[C@@H](C(=O)Nc3nc(Br)ccc3C)N(C(=O)Cn3nc(C(C)=O)c4cc(-c5cnc(C)nc5)ncc43)[C@@H]1C2)/N=N\C. The second-order valence-electron chi connectivity index (χ2n) is 11.6. The molecule has 14 nitrogen and oxygen atoms in total. The molecule has 0 aromatic carbocycles. The van der Waals surface area contributed by atoms with Crippen LogP contribution in [0.5, 0.6) is 0 Å². The molecule has 2 fully saturated rings. The van der Waals surface area contributed by atoms with Crippen LogP contribution in [0.15, 0.2) is 64.5 Å². The highest BCUT2D eigenvalue weighted by Crippen LogP contribution is 2.60. The Balaban J connectivity index is 1.32. The van der Waals surface area contributed by atoms with E-state index in [9.17, 15) is 14.4 Å². The highest BCUT2D eigenvalue weighted by Gasteiger charge is 2.67. The maximum atomic E-state index is 14.2. The number of anilines is 1. The molecule has 4 aromatic heterocycles. The van der Waals surface area contributed by atoms with E-state index >= 15 is 0 Å². The minimum absolute atomic E-state index is 0.192.